The van der Waals surface area contributed by atoms with Gasteiger partial charge in [0.15, 0.2) is 11.6 Å². The van der Waals surface area contributed by atoms with E-state index in [0.29, 0.717) is 30.8 Å². The van der Waals surface area contributed by atoms with Crippen LogP contribution in [0.2, 0.25) is 0 Å². The zero-order valence-corrected chi connectivity index (χ0v) is 12.6. The number of aryl methyl sites for hydroxylation is 1. The maximum atomic E-state index is 14.0. The molecule has 0 fully saturated rings. The molecule has 0 spiro atoms. The van der Waals surface area contributed by atoms with E-state index in [1.54, 1.807) is 25.1 Å². The molecule has 0 saturated carbocycles. The Hall–Kier alpha value is -2.50. The molecule has 0 aliphatic carbocycles. The maximum Gasteiger partial charge on any atom is 0.338 e. The van der Waals surface area contributed by atoms with Gasteiger partial charge >= 0.3 is 5.97 Å². The molecule has 5 nitrogen and oxygen atoms in total. The van der Waals surface area contributed by atoms with Crippen LogP contribution < -0.4 is 5.32 Å². The van der Waals surface area contributed by atoms with Crippen molar-refractivity contribution in [2.24, 2.45) is 0 Å². The number of anilines is 1. The lowest BCUT2D eigenvalue weighted by atomic mass is 10.1. The summed E-state index contributed by atoms with van der Waals surface area (Å²) in [5.41, 5.74) is 1.68. The number of hydrogen-bond donors (Lipinski definition) is 1. The summed E-state index contributed by atoms with van der Waals surface area (Å²) in [6.45, 7) is 4.27. The zero-order chi connectivity index (χ0) is 15.9. The lowest BCUT2D eigenvalue weighted by Gasteiger charge is -2.09. The van der Waals surface area contributed by atoms with Crippen LogP contribution in [-0.2, 0) is 17.7 Å². The van der Waals surface area contributed by atoms with Gasteiger partial charge in [-0.25, -0.2) is 19.2 Å². The van der Waals surface area contributed by atoms with Crippen molar-refractivity contribution in [3.05, 3.63) is 53.2 Å². The van der Waals surface area contributed by atoms with E-state index in [0.717, 1.165) is 5.56 Å². The fourth-order valence-corrected chi connectivity index (χ4v) is 1.98. The van der Waals surface area contributed by atoms with E-state index in [4.69, 9.17) is 4.74 Å². The SMILES string of the molecule is CCOC(=O)c1cccc(CNc2ncnc(CC)c2F)c1. The lowest BCUT2D eigenvalue weighted by Crippen LogP contribution is -2.08. The molecule has 1 heterocycles. The number of halogens is 1. The summed E-state index contributed by atoms with van der Waals surface area (Å²) in [4.78, 5) is 19.5. The number of benzene rings is 1. The Morgan fingerprint density at radius 3 is 2.86 bits per heavy atom. The van der Waals surface area contributed by atoms with Crippen LogP contribution in [-0.4, -0.2) is 22.5 Å². The van der Waals surface area contributed by atoms with Gasteiger partial charge in [0.1, 0.15) is 6.33 Å². The largest absolute Gasteiger partial charge is 0.462 e. The minimum absolute atomic E-state index is 0.161. The highest BCUT2D eigenvalue weighted by Gasteiger charge is 2.10. The van der Waals surface area contributed by atoms with E-state index in [2.05, 4.69) is 15.3 Å². The van der Waals surface area contributed by atoms with Crippen LogP contribution >= 0.6 is 0 Å². The predicted molar refractivity (Wildman–Crippen MR) is 81.1 cm³/mol. The van der Waals surface area contributed by atoms with Gasteiger partial charge in [-0.1, -0.05) is 19.1 Å². The highest BCUT2D eigenvalue weighted by atomic mass is 19.1. The third-order valence-corrected chi connectivity index (χ3v) is 3.09. The van der Waals surface area contributed by atoms with Crippen molar-refractivity contribution >= 4 is 11.8 Å². The van der Waals surface area contributed by atoms with Crippen LogP contribution in [0.25, 0.3) is 0 Å². The predicted octanol–water partition coefficient (Wildman–Crippen LogP) is 2.97. The van der Waals surface area contributed by atoms with Gasteiger partial charge in [0.2, 0.25) is 0 Å². The number of rotatable bonds is 6. The van der Waals surface area contributed by atoms with Gasteiger partial charge in [-0.15, -0.1) is 0 Å². The van der Waals surface area contributed by atoms with Crippen LogP contribution in [0.1, 0.15) is 35.5 Å². The molecule has 22 heavy (non-hydrogen) atoms. The van der Waals surface area contributed by atoms with Crippen molar-refractivity contribution in [3.63, 3.8) is 0 Å². The first-order chi connectivity index (χ1) is 10.7. The topological polar surface area (TPSA) is 64.1 Å². The van der Waals surface area contributed by atoms with Crippen LogP contribution in [0.4, 0.5) is 10.2 Å². The third kappa shape index (κ3) is 3.78. The maximum absolute atomic E-state index is 14.0. The molecule has 0 amide bonds. The number of carbonyl (C=O) groups is 1. The number of carbonyl (C=O) groups excluding carboxylic acids is 1. The second-order valence-corrected chi connectivity index (χ2v) is 4.61. The molecule has 0 saturated heterocycles. The minimum atomic E-state index is -0.438. The molecule has 0 unspecified atom stereocenters. The van der Waals surface area contributed by atoms with Crippen LogP contribution in [0.3, 0.4) is 0 Å². The molecule has 6 heteroatoms. The Kier molecular flexibility index (Phi) is 5.41. The highest BCUT2D eigenvalue weighted by molar-refractivity contribution is 5.89. The van der Waals surface area contributed by atoms with E-state index in [1.807, 2.05) is 13.0 Å². The van der Waals surface area contributed by atoms with Gasteiger partial charge in [0.05, 0.1) is 17.9 Å². The van der Waals surface area contributed by atoms with Gasteiger partial charge in [-0.2, -0.15) is 0 Å². The average molecular weight is 303 g/mol. The number of aromatic nitrogens is 2. The van der Waals surface area contributed by atoms with E-state index in [-0.39, 0.29) is 11.8 Å². The molecule has 2 aromatic rings. The number of hydrogen-bond acceptors (Lipinski definition) is 5. The first kappa shape index (κ1) is 15.9. The van der Waals surface area contributed by atoms with Crippen LogP contribution in [0, 0.1) is 5.82 Å². The van der Waals surface area contributed by atoms with Crippen LogP contribution in [0.5, 0.6) is 0 Å². The second kappa shape index (κ2) is 7.49. The molecule has 2 rings (SSSR count). The smallest absolute Gasteiger partial charge is 0.338 e. The summed E-state index contributed by atoms with van der Waals surface area (Å²) >= 11 is 0. The third-order valence-electron chi connectivity index (χ3n) is 3.09. The standard InChI is InChI=1S/C16H18FN3O2/c1-3-13-14(17)15(20-10-19-13)18-9-11-6-5-7-12(8-11)16(21)22-4-2/h5-8,10H,3-4,9H2,1-2H3,(H,18,19,20). The minimum Gasteiger partial charge on any atom is -0.462 e. The van der Waals surface area contributed by atoms with Crippen molar-refractivity contribution in [2.75, 3.05) is 11.9 Å². The van der Waals surface area contributed by atoms with Gasteiger partial charge in [-0.05, 0) is 31.0 Å². The molecule has 0 radical (unpaired) electrons. The van der Waals surface area contributed by atoms with Crippen molar-refractivity contribution in [3.8, 4) is 0 Å². The Balaban J connectivity index is 2.09. The highest BCUT2D eigenvalue weighted by Crippen LogP contribution is 2.15. The second-order valence-electron chi connectivity index (χ2n) is 4.61. The zero-order valence-electron chi connectivity index (χ0n) is 12.6. The first-order valence-corrected chi connectivity index (χ1v) is 7.15. The Morgan fingerprint density at radius 2 is 2.14 bits per heavy atom. The number of nitrogens with one attached hydrogen (secondary N) is 1. The Morgan fingerprint density at radius 1 is 1.32 bits per heavy atom. The molecule has 1 aromatic heterocycles. The molecule has 0 aliphatic heterocycles. The van der Waals surface area contributed by atoms with Gasteiger partial charge in [0.25, 0.3) is 0 Å². The van der Waals surface area contributed by atoms with Gasteiger partial charge in [-0.3, -0.25) is 0 Å². The summed E-state index contributed by atoms with van der Waals surface area (Å²) in [6, 6.07) is 7.00. The van der Waals surface area contributed by atoms with Crippen LogP contribution in [0.15, 0.2) is 30.6 Å². The first-order valence-electron chi connectivity index (χ1n) is 7.15. The molecule has 0 atom stereocenters. The molecule has 1 aromatic carbocycles. The fourth-order valence-electron chi connectivity index (χ4n) is 1.98. The fraction of sp³-hybridized carbons (Fsp3) is 0.312. The summed E-state index contributed by atoms with van der Waals surface area (Å²) in [7, 11) is 0. The van der Waals surface area contributed by atoms with Gasteiger partial charge in [0, 0.05) is 6.54 Å². The van der Waals surface area contributed by atoms with Gasteiger partial charge < -0.3 is 10.1 Å². The molecular formula is C16H18FN3O2. The number of nitrogens with zero attached hydrogens (tertiary/aromatic N) is 2. The summed E-state index contributed by atoms with van der Waals surface area (Å²) < 4.78 is 19.0. The number of ether oxygens (including phenoxy) is 1. The monoisotopic (exact) mass is 303 g/mol. The van der Waals surface area contributed by atoms with E-state index in [1.165, 1.54) is 6.33 Å². The van der Waals surface area contributed by atoms with Crippen molar-refractivity contribution in [2.45, 2.75) is 26.8 Å². The van der Waals surface area contributed by atoms with Crippen molar-refractivity contribution in [1.29, 1.82) is 0 Å². The number of esters is 1. The Labute approximate surface area is 128 Å². The quantitative estimate of drug-likeness (QED) is 0.831. The molecule has 0 bridgehead atoms. The molecule has 0 aliphatic rings. The Bertz CT molecular complexity index is 662. The average Bonchev–Trinajstić information content (AvgIpc) is 2.54. The summed E-state index contributed by atoms with van der Waals surface area (Å²) in [6.07, 6.45) is 1.83. The van der Waals surface area contributed by atoms with E-state index >= 15 is 0 Å². The molecular weight excluding hydrogens is 285 g/mol. The van der Waals surface area contributed by atoms with Crippen molar-refractivity contribution in [1.82, 2.24) is 9.97 Å². The van der Waals surface area contributed by atoms with E-state index < -0.39 is 5.82 Å². The normalized spacial score (nSPS) is 10.3. The van der Waals surface area contributed by atoms with Crippen molar-refractivity contribution < 1.29 is 13.9 Å². The summed E-state index contributed by atoms with van der Waals surface area (Å²) in [5, 5.41) is 2.92. The lowest BCUT2D eigenvalue weighted by molar-refractivity contribution is 0.0526. The summed E-state index contributed by atoms with van der Waals surface area (Å²) in [5.74, 6) is -0.647. The molecule has 116 valence electrons. The molecule has 1 N–H and O–H groups in total. The van der Waals surface area contributed by atoms with E-state index in [9.17, 15) is 9.18 Å².